The number of carboxylic acids is 1. The third kappa shape index (κ3) is 2.26. The van der Waals surface area contributed by atoms with Crippen LogP contribution in [0.3, 0.4) is 0 Å². The SMILES string of the molecule is O=C(O)C1=C(C=C2CCN(c3cccnc3)C2=O)CC2CNC3C(=O)N1[C@H]23. The van der Waals surface area contributed by atoms with Crippen LogP contribution >= 0.6 is 0 Å². The van der Waals surface area contributed by atoms with Gasteiger partial charge in [0.2, 0.25) is 5.91 Å². The highest BCUT2D eigenvalue weighted by atomic mass is 16.4. The standard InChI is InChI=1S/C19H18N4O4/c24-17-10(3-5-22(17)13-2-1-4-20-9-13)6-11-7-12-8-21-14-15(12)23(18(14)25)16(11)19(26)27/h1-2,4,6,9,12,14-15,21H,3,5,7-8H2,(H,26,27)/t12?,14?,15-/m1/s1. The number of β-lactam (4-membered cyclic amide) rings is 1. The first-order chi connectivity index (χ1) is 13.1. The number of amides is 2. The number of hydrogen-bond acceptors (Lipinski definition) is 5. The fourth-order valence-electron chi connectivity index (χ4n) is 4.67. The Bertz CT molecular complexity index is 923. The van der Waals surface area contributed by atoms with E-state index in [0.717, 1.165) is 5.69 Å². The van der Waals surface area contributed by atoms with Crippen molar-refractivity contribution in [3.8, 4) is 0 Å². The number of aromatic nitrogens is 1. The summed E-state index contributed by atoms with van der Waals surface area (Å²) >= 11 is 0. The van der Waals surface area contributed by atoms with Crippen LogP contribution in [-0.4, -0.2) is 57.9 Å². The maximum atomic E-state index is 12.8. The van der Waals surface area contributed by atoms with Crippen molar-refractivity contribution in [1.29, 1.82) is 0 Å². The van der Waals surface area contributed by atoms with Crippen LogP contribution in [0.1, 0.15) is 12.8 Å². The van der Waals surface area contributed by atoms with E-state index >= 15 is 0 Å². The lowest BCUT2D eigenvalue weighted by Gasteiger charge is -2.48. The number of allylic oxidation sites excluding steroid dienone is 2. The van der Waals surface area contributed by atoms with Crippen molar-refractivity contribution in [1.82, 2.24) is 15.2 Å². The van der Waals surface area contributed by atoms with Gasteiger partial charge in [-0.15, -0.1) is 0 Å². The zero-order chi connectivity index (χ0) is 18.7. The predicted octanol–water partition coefficient (Wildman–Crippen LogP) is 0.286. The van der Waals surface area contributed by atoms with Crippen molar-refractivity contribution in [2.45, 2.75) is 24.9 Å². The minimum absolute atomic E-state index is 0.0290. The highest BCUT2D eigenvalue weighted by Crippen LogP contribution is 2.44. The van der Waals surface area contributed by atoms with Gasteiger partial charge in [0.05, 0.1) is 17.9 Å². The highest BCUT2D eigenvalue weighted by molar-refractivity contribution is 6.08. The Morgan fingerprint density at radius 1 is 1.37 bits per heavy atom. The molecule has 2 N–H and O–H groups in total. The van der Waals surface area contributed by atoms with Gasteiger partial charge in [-0.1, -0.05) is 0 Å². The van der Waals surface area contributed by atoms with E-state index in [-0.39, 0.29) is 35.5 Å². The molecule has 4 aliphatic rings. The fourth-order valence-corrected chi connectivity index (χ4v) is 4.67. The maximum Gasteiger partial charge on any atom is 0.352 e. The van der Waals surface area contributed by atoms with Crippen LogP contribution < -0.4 is 10.2 Å². The molecule has 1 aromatic heterocycles. The van der Waals surface area contributed by atoms with E-state index in [1.807, 2.05) is 6.07 Å². The van der Waals surface area contributed by atoms with Crippen LogP contribution in [-0.2, 0) is 14.4 Å². The average molecular weight is 366 g/mol. The van der Waals surface area contributed by atoms with E-state index in [4.69, 9.17) is 0 Å². The molecule has 3 saturated heterocycles. The Morgan fingerprint density at radius 3 is 2.96 bits per heavy atom. The van der Waals surface area contributed by atoms with Gasteiger partial charge in [-0.05, 0) is 42.5 Å². The monoisotopic (exact) mass is 366 g/mol. The molecule has 5 heterocycles. The first-order valence-electron chi connectivity index (χ1n) is 9.01. The smallest absolute Gasteiger partial charge is 0.352 e. The summed E-state index contributed by atoms with van der Waals surface area (Å²) in [6.07, 6.45) is 6.07. The van der Waals surface area contributed by atoms with Gasteiger partial charge in [-0.3, -0.25) is 19.5 Å². The molecule has 0 bridgehead atoms. The minimum atomic E-state index is -1.12. The average Bonchev–Trinajstić information content (AvgIpc) is 3.23. The molecule has 0 radical (unpaired) electrons. The number of nitrogens with zero attached hydrogens (tertiary/aromatic N) is 3. The van der Waals surface area contributed by atoms with E-state index < -0.39 is 5.97 Å². The third-order valence-electron chi connectivity index (χ3n) is 5.89. The Hall–Kier alpha value is -3.00. The second-order valence-corrected chi connectivity index (χ2v) is 7.32. The molecule has 8 heteroatoms. The quantitative estimate of drug-likeness (QED) is 0.589. The number of anilines is 1. The van der Waals surface area contributed by atoms with E-state index in [0.29, 0.717) is 37.1 Å². The molecule has 138 valence electrons. The highest BCUT2D eigenvalue weighted by Gasteiger charge is 2.59. The van der Waals surface area contributed by atoms with Gasteiger partial charge in [0, 0.05) is 24.9 Å². The molecule has 4 aliphatic heterocycles. The van der Waals surface area contributed by atoms with Gasteiger partial charge < -0.3 is 15.3 Å². The summed E-state index contributed by atoms with van der Waals surface area (Å²) in [4.78, 5) is 44.1. The summed E-state index contributed by atoms with van der Waals surface area (Å²) in [5.74, 6) is -1.26. The first-order valence-corrected chi connectivity index (χ1v) is 9.01. The van der Waals surface area contributed by atoms with Crippen LogP contribution in [0, 0.1) is 5.92 Å². The molecular weight excluding hydrogens is 348 g/mol. The number of nitrogens with one attached hydrogen (secondary N) is 1. The van der Waals surface area contributed by atoms with Crippen molar-refractivity contribution in [2.75, 3.05) is 18.0 Å². The summed E-state index contributed by atoms with van der Waals surface area (Å²) < 4.78 is 0. The lowest BCUT2D eigenvalue weighted by molar-refractivity contribution is -0.153. The van der Waals surface area contributed by atoms with Crippen molar-refractivity contribution >= 4 is 23.5 Å². The number of hydrogen-bond donors (Lipinski definition) is 2. The van der Waals surface area contributed by atoms with Crippen LogP contribution in [0.25, 0.3) is 0 Å². The predicted molar refractivity (Wildman–Crippen MR) is 94.5 cm³/mol. The normalized spacial score (nSPS) is 30.8. The zero-order valence-corrected chi connectivity index (χ0v) is 14.5. The van der Waals surface area contributed by atoms with Gasteiger partial charge in [0.25, 0.3) is 5.91 Å². The first kappa shape index (κ1) is 16.2. The van der Waals surface area contributed by atoms with Gasteiger partial charge in [-0.2, -0.15) is 0 Å². The number of aliphatic carboxylic acids is 1. The summed E-state index contributed by atoms with van der Waals surface area (Å²) in [5, 5.41) is 12.9. The topological polar surface area (TPSA) is 103 Å². The molecule has 0 aliphatic carbocycles. The van der Waals surface area contributed by atoms with Gasteiger partial charge in [-0.25, -0.2) is 4.79 Å². The zero-order valence-electron chi connectivity index (χ0n) is 14.5. The molecule has 1 aromatic rings. The van der Waals surface area contributed by atoms with E-state index in [1.54, 1.807) is 29.4 Å². The molecule has 3 atom stereocenters. The van der Waals surface area contributed by atoms with Crippen LogP contribution in [0.5, 0.6) is 0 Å². The Balaban J connectivity index is 1.50. The minimum Gasteiger partial charge on any atom is -0.477 e. The summed E-state index contributed by atoms with van der Waals surface area (Å²) in [7, 11) is 0. The lowest BCUT2D eigenvalue weighted by atomic mass is 9.79. The van der Waals surface area contributed by atoms with Gasteiger partial charge in [0.1, 0.15) is 11.7 Å². The van der Waals surface area contributed by atoms with E-state index in [1.165, 1.54) is 4.90 Å². The summed E-state index contributed by atoms with van der Waals surface area (Å²) in [5.41, 5.74) is 1.89. The second kappa shape index (κ2) is 5.75. The molecule has 0 spiro atoms. The largest absolute Gasteiger partial charge is 0.477 e. The number of carbonyl (C=O) groups excluding carboxylic acids is 2. The molecule has 5 rings (SSSR count). The molecule has 0 aromatic carbocycles. The van der Waals surface area contributed by atoms with Gasteiger partial charge in [0.15, 0.2) is 0 Å². The van der Waals surface area contributed by atoms with Crippen LogP contribution in [0.2, 0.25) is 0 Å². The Morgan fingerprint density at radius 2 is 2.22 bits per heavy atom. The van der Waals surface area contributed by atoms with Crippen molar-refractivity contribution in [3.63, 3.8) is 0 Å². The number of carbonyl (C=O) groups is 3. The molecule has 27 heavy (non-hydrogen) atoms. The summed E-state index contributed by atoms with van der Waals surface area (Å²) in [6.45, 7) is 1.22. The van der Waals surface area contributed by atoms with Crippen LogP contribution in [0.4, 0.5) is 5.69 Å². The van der Waals surface area contributed by atoms with Gasteiger partial charge >= 0.3 is 5.97 Å². The molecule has 2 unspecified atom stereocenters. The number of carboxylic acid groups (broad SMARTS) is 1. The van der Waals surface area contributed by atoms with E-state index in [2.05, 4.69) is 10.3 Å². The Labute approximate surface area is 155 Å². The van der Waals surface area contributed by atoms with Crippen LogP contribution in [0.15, 0.2) is 47.4 Å². The third-order valence-corrected chi connectivity index (χ3v) is 5.89. The lowest BCUT2D eigenvalue weighted by Crippen LogP contribution is -2.68. The number of pyridine rings is 1. The molecular formula is C19H18N4O4. The molecule has 8 nitrogen and oxygen atoms in total. The van der Waals surface area contributed by atoms with Crippen molar-refractivity contribution < 1.29 is 19.5 Å². The fraction of sp³-hybridized carbons (Fsp3) is 0.368. The van der Waals surface area contributed by atoms with E-state index in [9.17, 15) is 19.5 Å². The Kier molecular flexibility index (Phi) is 3.45. The second-order valence-electron chi connectivity index (χ2n) is 7.32. The van der Waals surface area contributed by atoms with Crippen molar-refractivity contribution in [3.05, 3.63) is 47.4 Å². The molecule has 3 fully saturated rings. The number of rotatable bonds is 3. The molecule has 2 amide bonds. The maximum absolute atomic E-state index is 12.8. The van der Waals surface area contributed by atoms with Crippen molar-refractivity contribution in [2.24, 2.45) is 5.92 Å². The molecule has 0 saturated carbocycles. The summed E-state index contributed by atoms with van der Waals surface area (Å²) in [6, 6.07) is 3.27.